The van der Waals surface area contributed by atoms with E-state index < -0.39 is 0 Å². The quantitative estimate of drug-likeness (QED) is 0.857. The van der Waals surface area contributed by atoms with Gasteiger partial charge in [0, 0.05) is 39.2 Å². The van der Waals surface area contributed by atoms with Crippen molar-refractivity contribution in [2.24, 2.45) is 5.73 Å². The normalized spacial score (nSPS) is 20.1. The Morgan fingerprint density at radius 3 is 2.58 bits per heavy atom. The smallest absolute Gasteiger partial charge is 0.0872 e. The van der Waals surface area contributed by atoms with Gasteiger partial charge in [-0.1, -0.05) is 30.3 Å². The van der Waals surface area contributed by atoms with Crippen LogP contribution in [0.5, 0.6) is 0 Å². The maximum Gasteiger partial charge on any atom is 0.0872 e. The van der Waals surface area contributed by atoms with Gasteiger partial charge in [-0.25, -0.2) is 0 Å². The number of hydrogen-bond acceptors (Lipinski definition) is 3. The number of benzene rings is 1. The summed E-state index contributed by atoms with van der Waals surface area (Å²) in [5, 5.41) is 0. The van der Waals surface area contributed by atoms with Gasteiger partial charge in [-0.05, 0) is 24.8 Å². The van der Waals surface area contributed by atoms with Crippen molar-refractivity contribution in [3.05, 3.63) is 35.9 Å². The van der Waals surface area contributed by atoms with E-state index in [4.69, 9.17) is 15.2 Å². The zero-order chi connectivity index (χ0) is 13.6. The minimum atomic E-state index is -0.172. The molecule has 0 bridgehead atoms. The second-order valence-corrected chi connectivity index (χ2v) is 5.37. The van der Waals surface area contributed by atoms with E-state index in [0.29, 0.717) is 0 Å². The first-order chi connectivity index (χ1) is 9.27. The zero-order valence-electron chi connectivity index (χ0n) is 11.8. The molecule has 0 aromatic heterocycles. The molecule has 1 fully saturated rings. The fraction of sp³-hybridized carbons (Fsp3) is 0.625. The highest BCUT2D eigenvalue weighted by molar-refractivity contribution is 5.14. The minimum absolute atomic E-state index is 0.102. The second kappa shape index (κ2) is 7.04. The highest BCUT2D eigenvalue weighted by Gasteiger charge is 2.38. The van der Waals surface area contributed by atoms with Gasteiger partial charge >= 0.3 is 0 Å². The summed E-state index contributed by atoms with van der Waals surface area (Å²) in [6.45, 7) is 1.53. The summed E-state index contributed by atoms with van der Waals surface area (Å²) in [6.07, 6.45) is 5.02. The van der Waals surface area contributed by atoms with Crippen LogP contribution in [0.4, 0.5) is 0 Å². The van der Waals surface area contributed by atoms with Crippen LogP contribution in [-0.4, -0.2) is 32.0 Å². The maximum absolute atomic E-state index is 6.38. The highest BCUT2D eigenvalue weighted by Crippen LogP contribution is 2.29. The second-order valence-electron chi connectivity index (χ2n) is 5.37. The van der Waals surface area contributed by atoms with Gasteiger partial charge in [-0.3, -0.25) is 0 Å². The van der Waals surface area contributed by atoms with Crippen molar-refractivity contribution >= 4 is 0 Å². The third-order valence-corrected chi connectivity index (χ3v) is 4.24. The third kappa shape index (κ3) is 3.78. The number of hydrogen-bond donors (Lipinski definition) is 1. The highest BCUT2D eigenvalue weighted by atomic mass is 16.5. The number of nitrogens with two attached hydrogens (primary N) is 1. The van der Waals surface area contributed by atoms with Gasteiger partial charge in [0.2, 0.25) is 0 Å². The van der Waals surface area contributed by atoms with E-state index in [1.54, 1.807) is 7.11 Å². The van der Waals surface area contributed by atoms with Crippen LogP contribution < -0.4 is 5.73 Å². The van der Waals surface area contributed by atoms with E-state index in [1.807, 2.05) is 0 Å². The Labute approximate surface area is 116 Å². The molecule has 1 heterocycles. The Morgan fingerprint density at radius 1 is 1.26 bits per heavy atom. The summed E-state index contributed by atoms with van der Waals surface area (Å²) in [4.78, 5) is 0. The molecule has 0 saturated carbocycles. The molecular weight excluding hydrogens is 238 g/mol. The molecule has 3 heteroatoms. The van der Waals surface area contributed by atoms with Gasteiger partial charge in [0.1, 0.15) is 0 Å². The van der Waals surface area contributed by atoms with E-state index in [0.717, 1.165) is 45.3 Å². The molecule has 1 atom stereocenters. The molecule has 1 unspecified atom stereocenters. The first kappa shape index (κ1) is 14.5. The average Bonchev–Trinajstić information content (AvgIpc) is 2.49. The van der Waals surface area contributed by atoms with Gasteiger partial charge < -0.3 is 15.2 Å². The Kier molecular flexibility index (Phi) is 5.37. The largest absolute Gasteiger partial charge is 0.381 e. The van der Waals surface area contributed by atoms with Gasteiger partial charge in [0.15, 0.2) is 0 Å². The van der Waals surface area contributed by atoms with Crippen LogP contribution in [0.1, 0.15) is 31.2 Å². The van der Waals surface area contributed by atoms with Crippen molar-refractivity contribution in [1.82, 2.24) is 0 Å². The molecule has 19 heavy (non-hydrogen) atoms. The number of ether oxygens (including phenoxy) is 2. The van der Waals surface area contributed by atoms with E-state index in [-0.39, 0.29) is 11.6 Å². The number of rotatable bonds is 6. The predicted octanol–water partition coefficient (Wildman–Crippen LogP) is 2.53. The maximum atomic E-state index is 6.38. The molecular formula is C16H25NO2. The molecule has 0 aliphatic carbocycles. The summed E-state index contributed by atoms with van der Waals surface area (Å²) in [5.41, 5.74) is 7.59. The van der Waals surface area contributed by atoms with Crippen molar-refractivity contribution in [2.45, 2.75) is 43.7 Å². The van der Waals surface area contributed by atoms with Gasteiger partial charge in [0.05, 0.1) is 5.60 Å². The monoisotopic (exact) mass is 263 g/mol. The van der Waals surface area contributed by atoms with Crippen molar-refractivity contribution in [1.29, 1.82) is 0 Å². The molecule has 1 aromatic carbocycles. The predicted molar refractivity (Wildman–Crippen MR) is 77.1 cm³/mol. The molecule has 1 aliphatic rings. The summed E-state index contributed by atoms with van der Waals surface area (Å²) >= 11 is 0. The molecule has 1 aromatic rings. The molecule has 0 spiro atoms. The van der Waals surface area contributed by atoms with Crippen molar-refractivity contribution in [3.63, 3.8) is 0 Å². The van der Waals surface area contributed by atoms with Crippen LogP contribution in [0.25, 0.3) is 0 Å². The lowest BCUT2D eigenvalue weighted by Crippen LogP contribution is -2.52. The Morgan fingerprint density at radius 2 is 1.95 bits per heavy atom. The van der Waals surface area contributed by atoms with Crippen molar-refractivity contribution in [3.8, 4) is 0 Å². The van der Waals surface area contributed by atoms with Crippen LogP contribution >= 0.6 is 0 Å². The molecule has 2 N–H and O–H groups in total. The average molecular weight is 263 g/mol. The van der Waals surface area contributed by atoms with E-state index in [1.165, 1.54) is 5.56 Å². The van der Waals surface area contributed by atoms with E-state index >= 15 is 0 Å². The van der Waals surface area contributed by atoms with Crippen molar-refractivity contribution < 1.29 is 9.47 Å². The minimum Gasteiger partial charge on any atom is -0.381 e. The SMILES string of the molecule is COC1(C(N)CCCc2ccccc2)CCOCC1. The molecule has 1 saturated heterocycles. The van der Waals surface area contributed by atoms with Crippen LogP contribution in [0.2, 0.25) is 0 Å². The van der Waals surface area contributed by atoms with E-state index in [2.05, 4.69) is 30.3 Å². The number of methoxy groups -OCH3 is 1. The first-order valence-electron chi connectivity index (χ1n) is 7.19. The lowest BCUT2D eigenvalue weighted by molar-refractivity contribution is -0.105. The van der Waals surface area contributed by atoms with Crippen LogP contribution in [0.15, 0.2) is 30.3 Å². The number of aryl methyl sites for hydroxylation is 1. The first-order valence-corrected chi connectivity index (χ1v) is 7.19. The van der Waals surface area contributed by atoms with Crippen LogP contribution in [0, 0.1) is 0 Å². The molecule has 0 radical (unpaired) electrons. The third-order valence-electron chi connectivity index (χ3n) is 4.24. The lowest BCUT2D eigenvalue weighted by atomic mass is 9.83. The Bertz CT molecular complexity index is 360. The summed E-state index contributed by atoms with van der Waals surface area (Å²) in [6, 6.07) is 10.7. The van der Waals surface area contributed by atoms with Gasteiger partial charge in [-0.2, -0.15) is 0 Å². The molecule has 3 nitrogen and oxygen atoms in total. The molecule has 1 aliphatic heterocycles. The lowest BCUT2D eigenvalue weighted by Gasteiger charge is -2.40. The van der Waals surface area contributed by atoms with E-state index in [9.17, 15) is 0 Å². The topological polar surface area (TPSA) is 44.5 Å². The fourth-order valence-electron chi connectivity index (χ4n) is 2.88. The Balaban J connectivity index is 1.81. The summed E-state index contributed by atoms with van der Waals surface area (Å²) in [5.74, 6) is 0. The summed E-state index contributed by atoms with van der Waals surface area (Å²) < 4.78 is 11.2. The standard InChI is InChI=1S/C16H25NO2/c1-18-16(10-12-19-13-11-16)15(17)9-5-8-14-6-3-2-4-7-14/h2-4,6-7,15H,5,8-13,17H2,1H3. The molecule has 0 amide bonds. The van der Waals surface area contributed by atoms with Gasteiger partial charge in [-0.15, -0.1) is 0 Å². The van der Waals surface area contributed by atoms with Gasteiger partial charge in [0.25, 0.3) is 0 Å². The van der Waals surface area contributed by atoms with Crippen molar-refractivity contribution in [2.75, 3.05) is 20.3 Å². The zero-order valence-corrected chi connectivity index (χ0v) is 11.8. The molecule has 2 rings (SSSR count). The Hall–Kier alpha value is -0.900. The summed E-state index contributed by atoms with van der Waals surface area (Å²) in [7, 11) is 1.78. The fourth-order valence-corrected chi connectivity index (χ4v) is 2.88. The van der Waals surface area contributed by atoms with Crippen LogP contribution in [-0.2, 0) is 15.9 Å². The molecule has 106 valence electrons. The van der Waals surface area contributed by atoms with Crippen LogP contribution in [0.3, 0.4) is 0 Å².